The Balaban J connectivity index is 1.50. The van der Waals surface area contributed by atoms with Gasteiger partial charge >= 0.3 is 6.18 Å². The maximum atomic E-state index is 13.3. The predicted molar refractivity (Wildman–Crippen MR) is 101 cm³/mol. The predicted octanol–water partition coefficient (Wildman–Crippen LogP) is 4.32. The molecule has 1 aromatic carbocycles. The van der Waals surface area contributed by atoms with Crippen LogP contribution in [0.3, 0.4) is 0 Å². The summed E-state index contributed by atoms with van der Waals surface area (Å²) in [6, 6.07) is 2.33. The van der Waals surface area contributed by atoms with Gasteiger partial charge in [-0.05, 0) is 50.3 Å². The van der Waals surface area contributed by atoms with Crippen LogP contribution in [0, 0.1) is 5.82 Å². The molecule has 10 heteroatoms. The van der Waals surface area contributed by atoms with Crippen LogP contribution in [-0.4, -0.2) is 21.6 Å². The third-order valence-corrected chi connectivity index (χ3v) is 5.47. The molecule has 2 N–H and O–H groups in total. The maximum absolute atomic E-state index is 13.3. The number of carbonyl (C=O) groups is 1. The SMILES string of the molecule is O=C(CCCSc1nc2c(c(=O)[nH]1)CCCC2)Nc1ccc(F)c(C(F)(F)F)c1. The van der Waals surface area contributed by atoms with Gasteiger partial charge in [-0.2, -0.15) is 13.2 Å². The molecule has 0 unspecified atom stereocenters. The Hall–Kier alpha value is -2.36. The second kappa shape index (κ2) is 8.98. The molecule has 0 radical (unpaired) electrons. The van der Waals surface area contributed by atoms with Gasteiger partial charge in [-0.3, -0.25) is 9.59 Å². The number of aromatic amines is 1. The number of halogens is 4. The number of H-pyrrole nitrogens is 1. The number of rotatable bonds is 6. The number of hydrogen-bond donors (Lipinski definition) is 2. The number of nitrogens with one attached hydrogen (secondary N) is 2. The first-order valence-electron chi connectivity index (χ1n) is 9.15. The number of thioether (sulfide) groups is 1. The lowest BCUT2D eigenvalue weighted by atomic mass is 9.97. The van der Waals surface area contributed by atoms with Gasteiger partial charge in [0, 0.05) is 23.4 Å². The van der Waals surface area contributed by atoms with E-state index in [1.54, 1.807) is 0 Å². The molecule has 0 spiro atoms. The molecule has 1 amide bonds. The summed E-state index contributed by atoms with van der Waals surface area (Å²) in [7, 11) is 0. The molecular formula is C19H19F4N3O2S. The number of carbonyl (C=O) groups excluding carboxylic acids is 1. The Kier molecular flexibility index (Phi) is 6.61. The monoisotopic (exact) mass is 429 g/mol. The summed E-state index contributed by atoms with van der Waals surface area (Å²) in [4.78, 5) is 31.2. The smallest absolute Gasteiger partial charge is 0.326 e. The van der Waals surface area contributed by atoms with Gasteiger partial charge in [0.15, 0.2) is 5.16 Å². The van der Waals surface area contributed by atoms with E-state index in [4.69, 9.17) is 0 Å². The van der Waals surface area contributed by atoms with Crippen molar-refractivity contribution in [1.82, 2.24) is 9.97 Å². The molecule has 0 saturated carbocycles. The maximum Gasteiger partial charge on any atom is 0.419 e. The van der Waals surface area contributed by atoms with Gasteiger partial charge in [0.1, 0.15) is 5.82 Å². The summed E-state index contributed by atoms with van der Waals surface area (Å²) in [5, 5.41) is 2.85. The zero-order valence-electron chi connectivity index (χ0n) is 15.4. The van der Waals surface area contributed by atoms with Gasteiger partial charge in [-0.25, -0.2) is 9.37 Å². The molecule has 3 rings (SSSR count). The molecule has 1 aliphatic rings. The Morgan fingerprint density at radius 1 is 1.24 bits per heavy atom. The van der Waals surface area contributed by atoms with Crippen molar-refractivity contribution in [3.63, 3.8) is 0 Å². The van der Waals surface area contributed by atoms with Crippen LogP contribution in [0.5, 0.6) is 0 Å². The lowest BCUT2D eigenvalue weighted by Gasteiger charge is -2.14. The Bertz CT molecular complexity index is 959. The van der Waals surface area contributed by atoms with Crippen LogP contribution >= 0.6 is 11.8 Å². The normalized spacial score (nSPS) is 13.8. The minimum absolute atomic E-state index is 0.0703. The van der Waals surface area contributed by atoms with Crippen molar-refractivity contribution >= 4 is 23.4 Å². The van der Waals surface area contributed by atoms with Crippen molar-refractivity contribution in [2.45, 2.75) is 49.9 Å². The molecule has 0 fully saturated rings. The summed E-state index contributed by atoms with van der Waals surface area (Å²) in [5.41, 5.74) is -0.0772. The first-order chi connectivity index (χ1) is 13.7. The van der Waals surface area contributed by atoms with E-state index in [1.807, 2.05) is 0 Å². The van der Waals surface area contributed by atoms with Gasteiger partial charge in [0.25, 0.3) is 5.56 Å². The molecule has 2 aromatic rings. The first kappa shape index (κ1) is 21.4. The van der Waals surface area contributed by atoms with Crippen LogP contribution < -0.4 is 10.9 Å². The second-order valence-electron chi connectivity index (χ2n) is 6.70. The van der Waals surface area contributed by atoms with E-state index in [0.29, 0.717) is 29.5 Å². The van der Waals surface area contributed by atoms with Crippen molar-refractivity contribution in [2.75, 3.05) is 11.1 Å². The van der Waals surface area contributed by atoms with Crippen LogP contribution in [-0.2, 0) is 23.8 Å². The summed E-state index contributed by atoms with van der Waals surface area (Å²) < 4.78 is 51.4. The van der Waals surface area contributed by atoms with Crippen molar-refractivity contribution in [1.29, 1.82) is 0 Å². The van der Waals surface area contributed by atoms with E-state index in [0.717, 1.165) is 43.0 Å². The van der Waals surface area contributed by atoms with Crippen LogP contribution in [0.25, 0.3) is 0 Å². The molecule has 0 bridgehead atoms. The molecule has 1 heterocycles. The number of benzene rings is 1. The standard InChI is InChI=1S/C19H19F4N3O2S/c20-14-8-7-11(10-13(14)19(21,22)23)24-16(27)6-3-9-29-18-25-15-5-2-1-4-12(15)17(28)26-18/h7-8,10H,1-6,9H2,(H,24,27)(H,25,26,28). The first-order valence-corrected chi connectivity index (χ1v) is 10.1. The fourth-order valence-electron chi connectivity index (χ4n) is 3.09. The molecule has 1 aromatic heterocycles. The number of anilines is 1. The minimum Gasteiger partial charge on any atom is -0.326 e. The van der Waals surface area contributed by atoms with Gasteiger partial charge in [-0.1, -0.05) is 11.8 Å². The second-order valence-corrected chi connectivity index (χ2v) is 7.78. The highest BCUT2D eigenvalue weighted by Gasteiger charge is 2.34. The summed E-state index contributed by atoms with van der Waals surface area (Å²) >= 11 is 1.32. The van der Waals surface area contributed by atoms with Crippen molar-refractivity contribution in [3.8, 4) is 0 Å². The largest absolute Gasteiger partial charge is 0.419 e. The average Bonchev–Trinajstić information content (AvgIpc) is 2.66. The summed E-state index contributed by atoms with van der Waals surface area (Å²) in [5.74, 6) is -1.36. The van der Waals surface area contributed by atoms with E-state index in [-0.39, 0.29) is 17.7 Å². The van der Waals surface area contributed by atoms with Gasteiger partial charge in [-0.15, -0.1) is 0 Å². The molecule has 0 saturated heterocycles. The van der Waals surface area contributed by atoms with E-state index in [2.05, 4.69) is 15.3 Å². The van der Waals surface area contributed by atoms with Crippen molar-refractivity contribution in [3.05, 3.63) is 51.2 Å². The molecule has 29 heavy (non-hydrogen) atoms. The number of amides is 1. The van der Waals surface area contributed by atoms with Gasteiger partial charge in [0.2, 0.25) is 5.91 Å². The van der Waals surface area contributed by atoms with E-state index >= 15 is 0 Å². The number of fused-ring (bicyclic) bond motifs is 1. The summed E-state index contributed by atoms with van der Waals surface area (Å²) in [6.45, 7) is 0. The van der Waals surface area contributed by atoms with Crippen LogP contribution in [0.4, 0.5) is 23.2 Å². The molecule has 156 valence electrons. The Labute approximate surface area is 168 Å². The number of alkyl halides is 3. The number of aromatic nitrogens is 2. The van der Waals surface area contributed by atoms with Gasteiger partial charge in [0.05, 0.1) is 11.3 Å². The summed E-state index contributed by atoms with van der Waals surface area (Å²) in [6.07, 6.45) is -0.814. The highest BCUT2D eigenvalue weighted by molar-refractivity contribution is 7.99. The molecular weight excluding hydrogens is 410 g/mol. The molecule has 5 nitrogen and oxygen atoms in total. The van der Waals surface area contributed by atoms with E-state index < -0.39 is 23.5 Å². The van der Waals surface area contributed by atoms with Crippen molar-refractivity contribution in [2.24, 2.45) is 0 Å². The van der Waals surface area contributed by atoms with Crippen LogP contribution in [0.1, 0.15) is 42.5 Å². The lowest BCUT2D eigenvalue weighted by molar-refractivity contribution is -0.140. The zero-order valence-corrected chi connectivity index (χ0v) is 16.2. The lowest BCUT2D eigenvalue weighted by Crippen LogP contribution is -2.21. The molecule has 0 atom stereocenters. The third-order valence-electron chi connectivity index (χ3n) is 4.51. The van der Waals surface area contributed by atoms with Crippen LogP contribution in [0.15, 0.2) is 28.2 Å². The molecule has 0 aliphatic heterocycles. The Morgan fingerprint density at radius 2 is 2.00 bits per heavy atom. The highest BCUT2D eigenvalue weighted by atomic mass is 32.2. The third kappa shape index (κ3) is 5.59. The quantitative estimate of drug-likeness (QED) is 0.311. The number of aryl methyl sites for hydroxylation is 1. The molecule has 1 aliphatic carbocycles. The van der Waals surface area contributed by atoms with E-state index in [1.165, 1.54) is 11.8 Å². The Morgan fingerprint density at radius 3 is 2.76 bits per heavy atom. The van der Waals surface area contributed by atoms with Gasteiger partial charge < -0.3 is 10.3 Å². The minimum atomic E-state index is -4.83. The number of nitrogens with zero attached hydrogens (tertiary/aromatic N) is 1. The zero-order chi connectivity index (χ0) is 21.0. The fourth-order valence-corrected chi connectivity index (χ4v) is 3.92. The fraction of sp³-hybridized carbons (Fsp3) is 0.421. The topological polar surface area (TPSA) is 74.8 Å². The average molecular weight is 429 g/mol. The highest BCUT2D eigenvalue weighted by Crippen LogP contribution is 2.33. The van der Waals surface area contributed by atoms with E-state index in [9.17, 15) is 27.2 Å². The number of hydrogen-bond acceptors (Lipinski definition) is 4. The van der Waals surface area contributed by atoms with Crippen LogP contribution in [0.2, 0.25) is 0 Å². The van der Waals surface area contributed by atoms with Crippen molar-refractivity contribution < 1.29 is 22.4 Å².